The SMILES string of the molecule is COc1cccc(N2CCC[C@@H](NC(=O)CCc3cccnc3)C2)c1. The van der Waals surface area contributed by atoms with E-state index in [0.717, 1.165) is 49.4 Å². The van der Waals surface area contributed by atoms with Gasteiger partial charge in [0.25, 0.3) is 0 Å². The molecule has 0 unspecified atom stereocenters. The number of amides is 1. The molecule has 25 heavy (non-hydrogen) atoms. The summed E-state index contributed by atoms with van der Waals surface area (Å²) in [7, 11) is 1.68. The van der Waals surface area contributed by atoms with Gasteiger partial charge in [-0.2, -0.15) is 0 Å². The Morgan fingerprint density at radius 2 is 2.28 bits per heavy atom. The number of hydrogen-bond acceptors (Lipinski definition) is 4. The lowest BCUT2D eigenvalue weighted by molar-refractivity contribution is -0.121. The zero-order valence-corrected chi connectivity index (χ0v) is 14.6. The topological polar surface area (TPSA) is 54.5 Å². The largest absolute Gasteiger partial charge is 0.497 e. The van der Waals surface area contributed by atoms with E-state index in [0.29, 0.717) is 6.42 Å². The third kappa shape index (κ3) is 4.95. The van der Waals surface area contributed by atoms with E-state index >= 15 is 0 Å². The van der Waals surface area contributed by atoms with Gasteiger partial charge in [-0.05, 0) is 43.0 Å². The summed E-state index contributed by atoms with van der Waals surface area (Å²) in [6.07, 6.45) is 6.90. The van der Waals surface area contributed by atoms with Gasteiger partial charge in [0, 0.05) is 49.7 Å². The molecule has 1 aliphatic heterocycles. The maximum atomic E-state index is 12.3. The minimum absolute atomic E-state index is 0.112. The first-order valence-corrected chi connectivity index (χ1v) is 8.82. The van der Waals surface area contributed by atoms with Crippen LogP contribution in [0.1, 0.15) is 24.8 Å². The third-order valence-electron chi connectivity index (χ3n) is 4.57. The van der Waals surface area contributed by atoms with Crippen LogP contribution in [0.5, 0.6) is 5.75 Å². The van der Waals surface area contributed by atoms with Gasteiger partial charge < -0.3 is 15.0 Å². The lowest BCUT2D eigenvalue weighted by Crippen LogP contribution is -2.47. The molecule has 2 heterocycles. The maximum absolute atomic E-state index is 12.3. The van der Waals surface area contributed by atoms with Crippen LogP contribution in [0.25, 0.3) is 0 Å². The van der Waals surface area contributed by atoms with E-state index < -0.39 is 0 Å². The Hall–Kier alpha value is -2.56. The van der Waals surface area contributed by atoms with Crippen molar-refractivity contribution in [1.82, 2.24) is 10.3 Å². The molecule has 0 radical (unpaired) electrons. The van der Waals surface area contributed by atoms with Crippen molar-refractivity contribution in [2.24, 2.45) is 0 Å². The number of pyridine rings is 1. The van der Waals surface area contributed by atoms with Crippen LogP contribution < -0.4 is 15.0 Å². The smallest absolute Gasteiger partial charge is 0.220 e. The standard InChI is InChI=1S/C20H25N3O2/c1-25-19-8-2-7-18(13-19)23-12-4-6-17(15-23)22-20(24)10-9-16-5-3-11-21-14-16/h2-3,5,7-8,11,13-14,17H,4,6,9-10,12,15H2,1H3,(H,22,24)/t17-/m1/s1. The highest BCUT2D eigenvalue weighted by molar-refractivity contribution is 5.76. The number of nitrogens with zero attached hydrogens (tertiary/aromatic N) is 2. The summed E-state index contributed by atoms with van der Waals surface area (Å²) in [5.74, 6) is 0.974. The number of carbonyl (C=O) groups is 1. The number of nitrogens with one attached hydrogen (secondary N) is 1. The fourth-order valence-electron chi connectivity index (χ4n) is 3.24. The Morgan fingerprint density at radius 1 is 1.36 bits per heavy atom. The van der Waals surface area contributed by atoms with E-state index in [1.807, 2.05) is 36.5 Å². The lowest BCUT2D eigenvalue weighted by atomic mass is 10.0. The minimum Gasteiger partial charge on any atom is -0.497 e. The first-order chi connectivity index (χ1) is 12.2. The molecule has 1 fully saturated rings. The zero-order valence-electron chi connectivity index (χ0n) is 14.6. The van der Waals surface area contributed by atoms with E-state index in [9.17, 15) is 4.79 Å². The molecule has 1 aliphatic rings. The van der Waals surface area contributed by atoms with Crippen molar-refractivity contribution >= 4 is 11.6 Å². The summed E-state index contributed by atoms with van der Waals surface area (Å²) in [6, 6.07) is 12.2. The quantitative estimate of drug-likeness (QED) is 0.879. The van der Waals surface area contributed by atoms with E-state index in [-0.39, 0.29) is 11.9 Å². The molecule has 1 atom stereocenters. The van der Waals surface area contributed by atoms with Gasteiger partial charge in [0.05, 0.1) is 7.11 Å². The minimum atomic E-state index is 0.112. The number of aryl methyl sites for hydroxylation is 1. The van der Waals surface area contributed by atoms with Gasteiger partial charge in [-0.25, -0.2) is 0 Å². The van der Waals surface area contributed by atoms with Crippen LogP contribution in [0, 0.1) is 0 Å². The molecule has 0 spiro atoms. The van der Waals surface area contributed by atoms with Gasteiger partial charge in [-0.1, -0.05) is 12.1 Å². The van der Waals surface area contributed by atoms with E-state index in [1.165, 1.54) is 0 Å². The normalized spacial score (nSPS) is 17.2. The van der Waals surface area contributed by atoms with Crippen LogP contribution in [0.15, 0.2) is 48.8 Å². The number of piperidine rings is 1. The fourth-order valence-corrected chi connectivity index (χ4v) is 3.24. The third-order valence-corrected chi connectivity index (χ3v) is 4.57. The Morgan fingerprint density at radius 3 is 3.08 bits per heavy atom. The van der Waals surface area contributed by atoms with Crippen molar-refractivity contribution in [3.05, 3.63) is 54.4 Å². The van der Waals surface area contributed by atoms with Crippen molar-refractivity contribution in [1.29, 1.82) is 0 Å². The van der Waals surface area contributed by atoms with Crippen molar-refractivity contribution in [3.8, 4) is 5.75 Å². The summed E-state index contributed by atoms with van der Waals surface area (Å²) in [5.41, 5.74) is 2.24. The summed E-state index contributed by atoms with van der Waals surface area (Å²) >= 11 is 0. The highest BCUT2D eigenvalue weighted by Crippen LogP contribution is 2.24. The molecule has 1 amide bonds. The molecular formula is C20H25N3O2. The second-order valence-electron chi connectivity index (χ2n) is 6.42. The lowest BCUT2D eigenvalue weighted by Gasteiger charge is -2.35. The van der Waals surface area contributed by atoms with Gasteiger partial charge in [0.2, 0.25) is 5.91 Å². The molecule has 5 nitrogen and oxygen atoms in total. The molecule has 2 aromatic rings. The van der Waals surface area contributed by atoms with Gasteiger partial charge in [0.15, 0.2) is 0 Å². The molecule has 1 aromatic heterocycles. The molecule has 3 rings (SSSR count). The Kier molecular flexibility index (Phi) is 5.88. The predicted molar refractivity (Wildman–Crippen MR) is 98.9 cm³/mol. The molecule has 0 saturated carbocycles. The van der Waals surface area contributed by atoms with Crippen molar-refractivity contribution in [3.63, 3.8) is 0 Å². The second-order valence-corrected chi connectivity index (χ2v) is 6.42. The van der Waals surface area contributed by atoms with Crippen molar-refractivity contribution < 1.29 is 9.53 Å². The van der Waals surface area contributed by atoms with Crippen molar-refractivity contribution in [2.45, 2.75) is 31.7 Å². The van der Waals surface area contributed by atoms with E-state index in [2.05, 4.69) is 21.3 Å². The zero-order chi connectivity index (χ0) is 17.5. The van der Waals surface area contributed by atoms with Crippen LogP contribution in [-0.2, 0) is 11.2 Å². The molecule has 0 aliphatic carbocycles. The van der Waals surface area contributed by atoms with Gasteiger partial charge >= 0.3 is 0 Å². The van der Waals surface area contributed by atoms with Gasteiger partial charge in [-0.3, -0.25) is 9.78 Å². The number of benzene rings is 1. The molecule has 5 heteroatoms. The van der Waals surface area contributed by atoms with Gasteiger partial charge in [-0.15, -0.1) is 0 Å². The van der Waals surface area contributed by atoms with Gasteiger partial charge in [0.1, 0.15) is 5.75 Å². The summed E-state index contributed by atoms with van der Waals surface area (Å²) in [5, 5.41) is 3.19. The van der Waals surface area contributed by atoms with Crippen LogP contribution >= 0.6 is 0 Å². The van der Waals surface area contributed by atoms with Crippen molar-refractivity contribution in [2.75, 3.05) is 25.1 Å². The second kappa shape index (κ2) is 8.51. The monoisotopic (exact) mass is 339 g/mol. The molecule has 1 saturated heterocycles. The van der Waals surface area contributed by atoms with Crippen LogP contribution in [0.3, 0.4) is 0 Å². The van der Waals surface area contributed by atoms with E-state index in [1.54, 1.807) is 13.3 Å². The number of methoxy groups -OCH3 is 1. The number of ether oxygens (including phenoxy) is 1. The first-order valence-electron chi connectivity index (χ1n) is 8.82. The number of carbonyl (C=O) groups excluding carboxylic acids is 1. The van der Waals surface area contributed by atoms with E-state index in [4.69, 9.17) is 4.74 Å². The average Bonchev–Trinajstić information content (AvgIpc) is 2.67. The van der Waals surface area contributed by atoms with Crippen LogP contribution in [0.4, 0.5) is 5.69 Å². The number of aromatic nitrogens is 1. The Balaban J connectivity index is 1.51. The average molecular weight is 339 g/mol. The molecule has 1 aromatic carbocycles. The molecule has 132 valence electrons. The Labute approximate surface area is 149 Å². The molecular weight excluding hydrogens is 314 g/mol. The predicted octanol–water partition coefficient (Wildman–Crippen LogP) is 2.81. The maximum Gasteiger partial charge on any atom is 0.220 e. The molecule has 0 bridgehead atoms. The summed E-state index contributed by atoms with van der Waals surface area (Å²) in [6.45, 7) is 1.85. The summed E-state index contributed by atoms with van der Waals surface area (Å²) in [4.78, 5) is 18.7. The number of rotatable bonds is 6. The Bertz CT molecular complexity index is 690. The summed E-state index contributed by atoms with van der Waals surface area (Å²) < 4.78 is 5.31. The highest BCUT2D eigenvalue weighted by atomic mass is 16.5. The van der Waals surface area contributed by atoms with Crippen LogP contribution in [-0.4, -0.2) is 37.1 Å². The first kappa shape index (κ1) is 17.3. The van der Waals surface area contributed by atoms with Crippen LogP contribution in [0.2, 0.25) is 0 Å². The highest BCUT2D eigenvalue weighted by Gasteiger charge is 2.21. The fraction of sp³-hybridized carbons (Fsp3) is 0.400. The number of hydrogen-bond donors (Lipinski definition) is 1. The molecule has 1 N–H and O–H groups in total. The number of anilines is 1.